The van der Waals surface area contributed by atoms with E-state index >= 15 is 0 Å². The van der Waals surface area contributed by atoms with Crippen LogP contribution in [0.25, 0.3) is 10.2 Å². The Kier molecular flexibility index (Phi) is 4.60. The summed E-state index contributed by atoms with van der Waals surface area (Å²) in [4.78, 5) is 39.9. The summed E-state index contributed by atoms with van der Waals surface area (Å²) in [6.07, 6.45) is 1.40. The summed E-state index contributed by atoms with van der Waals surface area (Å²) in [5, 5.41) is 9.50. The number of rotatable bonds is 6. The lowest BCUT2D eigenvalue weighted by molar-refractivity contribution is -0.118. The Bertz CT molecular complexity index is 807. The van der Waals surface area contributed by atoms with E-state index in [4.69, 9.17) is 5.73 Å². The van der Waals surface area contributed by atoms with Crippen molar-refractivity contribution < 1.29 is 14.7 Å². The number of hydrogen-bond acceptors (Lipinski definition) is 5. The van der Waals surface area contributed by atoms with E-state index in [9.17, 15) is 19.5 Å². The van der Waals surface area contributed by atoms with E-state index in [0.29, 0.717) is 28.0 Å². The van der Waals surface area contributed by atoms with Crippen LogP contribution in [0.3, 0.4) is 0 Å². The Balaban J connectivity index is 2.70. The van der Waals surface area contributed by atoms with Gasteiger partial charge < -0.3 is 10.8 Å². The Morgan fingerprint density at radius 3 is 2.64 bits per heavy atom. The summed E-state index contributed by atoms with van der Waals surface area (Å²) in [6.45, 7) is 3.71. The number of carboxylic acids is 1. The van der Waals surface area contributed by atoms with Crippen molar-refractivity contribution in [1.82, 2.24) is 9.55 Å². The molecule has 0 atom stereocenters. The lowest BCUT2D eigenvalue weighted by atomic mass is 10.2. The molecule has 8 heteroatoms. The second kappa shape index (κ2) is 6.27. The molecule has 0 saturated carbocycles. The first kappa shape index (κ1) is 16.2. The van der Waals surface area contributed by atoms with Gasteiger partial charge in [0, 0.05) is 19.4 Å². The van der Waals surface area contributed by atoms with Crippen molar-refractivity contribution in [2.75, 3.05) is 0 Å². The molecule has 22 heavy (non-hydrogen) atoms. The Morgan fingerprint density at radius 1 is 1.41 bits per heavy atom. The van der Waals surface area contributed by atoms with Crippen molar-refractivity contribution in [1.29, 1.82) is 0 Å². The molecule has 7 nitrogen and oxygen atoms in total. The summed E-state index contributed by atoms with van der Waals surface area (Å²) in [5.74, 6) is -1.01. The molecule has 2 aromatic rings. The van der Waals surface area contributed by atoms with Crippen LogP contribution >= 0.6 is 11.3 Å². The van der Waals surface area contributed by atoms with E-state index in [1.807, 2.05) is 6.92 Å². The molecule has 0 unspecified atom stereocenters. The number of nitrogens with zero attached hydrogens (tertiary/aromatic N) is 2. The number of aromatic carboxylic acids is 1. The second-order valence-corrected chi connectivity index (χ2v) is 5.99. The lowest BCUT2D eigenvalue weighted by Gasteiger charge is -2.11. The maximum Gasteiger partial charge on any atom is 0.346 e. The highest BCUT2D eigenvalue weighted by Crippen LogP contribution is 2.27. The van der Waals surface area contributed by atoms with Gasteiger partial charge in [0.2, 0.25) is 5.91 Å². The van der Waals surface area contributed by atoms with E-state index in [2.05, 4.69) is 4.98 Å². The number of carbonyl (C=O) groups is 2. The standard InChI is InChI=1S/C14H17N3O4S/c1-3-4-9-16-12-10(7(2)11(22-12)14(20)21)13(19)17(9)6-5-8(15)18/h3-6H2,1-2H3,(H2,15,18)(H,20,21). The van der Waals surface area contributed by atoms with E-state index in [0.717, 1.165) is 17.8 Å². The highest BCUT2D eigenvalue weighted by Gasteiger charge is 2.20. The molecule has 2 rings (SSSR count). The zero-order chi connectivity index (χ0) is 16.4. The molecule has 0 aliphatic carbocycles. The molecule has 0 bridgehead atoms. The number of hydrogen-bond donors (Lipinski definition) is 2. The first-order valence-electron chi connectivity index (χ1n) is 6.91. The molecule has 0 aliphatic rings. The molecule has 1 amide bonds. The van der Waals surface area contributed by atoms with Crippen molar-refractivity contribution in [2.45, 2.75) is 39.7 Å². The highest BCUT2D eigenvalue weighted by molar-refractivity contribution is 7.20. The SMILES string of the molecule is CCCc1nc2sc(C(=O)O)c(C)c2c(=O)n1CCC(N)=O. The maximum absolute atomic E-state index is 12.7. The van der Waals surface area contributed by atoms with Gasteiger partial charge in [0.25, 0.3) is 5.56 Å². The number of nitrogens with two attached hydrogens (primary N) is 1. The van der Waals surface area contributed by atoms with Crippen molar-refractivity contribution in [3.63, 3.8) is 0 Å². The number of aryl methyl sites for hydroxylation is 2. The van der Waals surface area contributed by atoms with Crippen LogP contribution in [0, 0.1) is 6.92 Å². The van der Waals surface area contributed by atoms with Gasteiger partial charge in [-0.3, -0.25) is 14.2 Å². The predicted octanol–water partition coefficient (Wildman–Crippen LogP) is 1.29. The van der Waals surface area contributed by atoms with E-state index in [1.165, 1.54) is 4.57 Å². The average Bonchev–Trinajstić information content (AvgIpc) is 2.76. The van der Waals surface area contributed by atoms with Crippen LogP contribution in [0.2, 0.25) is 0 Å². The summed E-state index contributed by atoms with van der Waals surface area (Å²) in [5.41, 5.74) is 5.26. The minimum absolute atomic E-state index is 0.0405. The fourth-order valence-electron chi connectivity index (χ4n) is 2.33. The average molecular weight is 323 g/mol. The second-order valence-electron chi connectivity index (χ2n) is 4.99. The van der Waals surface area contributed by atoms with Crippen LogP contribution in [0.5, 0.6) is 0 Å². The molecule has 118 valence electrons. The predicted molar refractivity (Wildman–Crippen MR) is 83.4 cm³/mol. The topological polar surface area (TPSA) is 115 Å². The molecule has 0 saturated heterocycles. The minimum atomic E-state index is -1.07. The molecule has 0 radical (unpaired) electrons. The lowest BCUT2D eigenvalue weighted by Crippen LogP contribution is -2.27. The first-order chi connectivity index (χ1) is 10.4. The Labute approximate surface area is 130 Å². The highest BCUT2D eigenvalue weighted by atomic mass is 32.1. The number of carbonyl (C=O) groups excluding carboxylic acids is 1. The van der Waals surface area contributed by atoms with Crippen LogP contribution in [0.4, 0.5) is 0 Å². The normalized spacial score (nSPS) is 11.0. The molecule has 3 N–H and O–H groups in total. The van der Waals surface area contributed by atoms with E-state index < -0.39 is 11.9 Å². The number of fused-ring (bicyclic) bond motifs is 1. The van der Waals surface area contributed by atoms with Crippen LogP contribution in [0.15, 0.2) is 4.79 Å². The zero-order valence-electron chi connectivity index (χ0n) is 12.4. The number of aromatic nitrogens is 2. The largest absolute Gasteiger partial charge is 0.477 e. The smallest absolute Gasteiger partial charge is 0.346 e. The van der Waals surface area contributed by atoms with Gasteiger partial charge in [-0.2, -0.15) is 0 Å². The fraction of sp³-hybridized carbons (Fsp3) is 0.429. The minimum Gasteiger partial charge on any atom is -0.477 e. The fourth-order valence-corrected chi connectivity index (χ4v) is 3.36. The summed E-state index contributed by atoms with van der Waals surface area (Å²) < 4.78 is 1.43. The molecule has 0 spiro atoms. The van der Waals surface area contributed by atoms with Gasteiger partial charge in [-0.15, -0.1) is 11.3 Å². The van der Waals surface area contributed by atoms with E-state index in [-0.39, 0.29) is 23.4 Å². The third-order valence-electron chi connectivity index (χ3n) is 3.38. The van der Waals surface area contributed by atoms with Crippen LogP contribution in [-0.4, -0.2) is 26.5 Å². The maximum atomic E-state index is 12.7. The monoisotopic (exact) mass is 323 g/mol. The van der Waals surface area contributed by atoms with Crippen LogP contribution in [0.1, 0.15) is 40.8 Å². The van der Waals surface area contributed by atoms with Crippen LogP contribution in [-0.2, 0) is 17.8 Å². The molecule has 0 aromatic carbocycles. The molecular weight excluding hydrogens is 306 g/mol. The molecule has 0 fully saturated rings. The molecule has 0 aliphatic heterocycles. The summed E-state index contributed by atoms with van der Waals surface area (Å²) >= 11 is 1.00. The van der Waals surface area contributed by atoms with Gasteiger partial charge in [-0.1, -0.05) is 6.92 Å². The number of primary amides is 1. The molecule has 2 heterocycles. The summed E-state index contributed by atoms with van der Waals surface area (Å²) in [6, 6.07) is 0. The van der Waals surface area contributed by atoms with Gasteiger partial charge >= 0.3 is 5.97 Å². The van der Waals surface area contributed by atoms with Crippen molar-refractivity contribution in [3.8, 4) is 0 Å². The Hall–Kier alpha value is -2.22. The quantitative estimate of drug-likeness (QED) is 0.831. The number of carboxylic acid groups (broad SMARTS) is 1. The zero-order valence-corrected chi connectivity index (χ0v) is 13.2. The van der Waals surface area contributed by atoms with Crippen molar-refractivity contribution in [2.24, 2.45) is 5.73 Å². The third-order valence-corrected chi connectivity index (χ3v) is 4.55. The number of thiophene rings is 1. The van der Waals surface area contributed by atoms with Crippen LogP contribution < -0.4 is 11.3 Å². The van der Waals surface area contributed by atoms with Crippen molar-refractivity contribution >= 4 is 33.4 Å². The van der Waals surface area contributed by atoms with Gasteiger partial charge in [0.15, 0.2) is 0 Å². The summed E-state index contributed by atoms with van der Waals surface area (Å²) in [7, 11) is 0. The van der Waals surface area contributed by atoms with Gasteiger partial charge in [0.1, 0.15) is 15.5 Å². The molecular formula is C14H17N3O4S. The van der Waals surface area contributed by atoms with Gasteiger partial charge in [-0.05, 0) is 18.9 Å². The first-order valence-corrected chi connectivity index (χ1v) is 7.72. The van der Waals surface area contributed by atoms with Gasteiger partial charge in [-0.25, -0.2) is 9.78 Å². The van der Waals surface area contributed by atoms with Gasteiger partial charge in [0.05, 0.1) is 5.39 Å². The molecule has 2 aromatic heterocycles. The number of amides is 1. The van der Waals surface area contributed by atoms with Crippen molar-refractivity contribution in [3.05, 3.63) is 26.6 Å². The third kappa shape index (κ3) is 2.87. The van der Waals surface area contributed by atoms with E-state index in [1.54, 1.807) is 6.92 Å². The Morgan fingerprint density at radius 2 is 2.09 bits per heavy atom.